The van der Waals surface area contributed by atoms with Crippen molar-refractivity contribution in [3.8, 4) is 0 Å². The van der Waals surface area contributed by atoms with Gasteiger partial charge in [0.1, 0.15) is 12.1 Å². The molecule has 1 aliphatic heterocycles. The maximum Gasteiger partial charge on any atom is 0.150 e. The fourth-order valence-electron chi connectivity index (χ4n) is 2.51. The number of hydrogen-bond donors (Lipinski definition) is 0. The highest BCUT2D eigenvalue weighted by atomic mass is 16.5. The summed E-state index contributed by atoms with van der Waals surface area (Å²) in [4.78, 5) is 15.2. The van der Waals surface area contributed by atoms with Crippen LogP contribution >= 0.6 is 0 Å². The largest absolute Gasteiger partial charge is 0.381 e. The predicted octanol–water partition coefficient (Wildman–Crippen LogP) is 2.12. The first-order valence-corrected chi connectivity index (χ1v) is 6.36. The quantitative estimate of drug-likeness (QED) is 0.777. The van der Waals surface area contributed by atoms with Crippen molar-refractivity contribution in [3.63, 3.8) is 0 Å². The second-order valence-corrected chi connectivity index (χ2v) is 4.81. The minimum absolute atomic E-state index is 0.662. The van der Waals surface area contributed by atoms with Crippen LogP contribution in [-0.4, -0.2) is 28.9 Å². The van der Waals surface area contributed by atoms with Crippen molar-refractivity contribution in [1.29, 1.82) is 0 Å². The van der Waals surface area contributed by atoms with Gasteiger partial charge in [0, 0.05) is 31.4 Å². The van der Waals surface area contributed by atoms with Crippen LogP contribution in [0.4, 0.5) is 0 Å². The van der Waals surface area contributed by atoms with Crippen LogP contribution in [0.25, 0.3) is 5.52 Å². The maximum absolute atomic E-state index is 10.7. The summed E-state index contributed by atoms with van der Waals surface area (Å²) in [6.45, 7) is 1.73. The lowest BCUT2D eigenvalue weighted by molar-refractivity contribution is 0.0659. The van der Waals surface area contributed by atoms with E-state index in [0.29, 0.717) is 11.5 Å². The van der Waals surface area contributed by atoms with Crippen molar-refractivity contribution >= 4 is 11.8 Å². The van der Waals surface area contributed by atoms with E-state index in [2.05, 4.69) is 9.38 Å². The van der Waals surface area contributed by atoms with E-state index in [9.17, 15) is 4.79 Å². The van der Waals surface area contributed by atoms with Gasteiger partial charge >= 0.3 is 0 Å². The molecule has 0 bridgehead atoms. The minimum atomic E-state index is 0.662. The molecular formula is C14H16N2O2. The first-order chi connectivity index (χ1) is 8.86. The summed E-state index contributed by atoms with van der Waals surface area (Å²) >= 11 is 0. The van der Waals surface area contributed by atoms with Gasteiger partial charge in [0.25, 0.3) is 0 Å². The van der Waals surface area contributed by atoms with Crippen molar-refractivity contribution in [2.24, 2.45) is 5.92 Å². The summed E-state index contributed by atoms with van der Waals surface area (Å²) in [6.07, 6.45) is 7.84. The Balaban J connectivity index is 1.85. The van der Waals surface area contributed by atoms with Gasteiger partial charge in [0.15, 0.2) is 0 Å². The van der Waals surface area contributed by atoms with Crippen molar-refractivity contribution in [2.75, 3.05) is 13.2 Å². The highest BCUT2D eigenvalue weighted by Gasteiger charge is 2.16. The molecule has 2 aromatic heterocycles. The molecule has 0 amide bonds. The maximum atomic E-state index is 10.7. The number of rotatable bonds is 3. The number of aromatic nitrogens is 2. The zero-order valence-electron chi connectivity index (χ0n) is 10.2. The lowest BCUT2D eigenvalue weighted by Crippen LogP contribution is -2.18. The average Bonchev–Trinajstić information content (AvgIpc) is 2.82. The predicted molar refractivity (Wildman–Crippen MR) is 67.8 cm³/mol. The van der Waals surface area contributed by atoms with E-state index in [0.717, 1.165) is 50.1 Å². The standard InChI is InChI=1S/C14H16N2O2/c17-10-12-1-4-16-13(7-12)9-15-14(16)8-11-2-5-18-6-3-11/h1,4,7,9-11H,2-3,5-6,8H2. The first kappa shape index (κ1) is 11.4. The number of nitrogens with zero attached hydrogens (tertiary/aromatic N) is 2. The highest BCUT2D eigenvalue weighted by molar-refractivity contribution is 5.77. The lowest BCUT2D eigenvalue weighted by atomic mass is 9.96. The summed E-state index contributed by atoms with van der Waals surface area (Å²) in [6, 6.07) is 3.70. The van der Waals surface area contributed by atoms with Gasteiger partial charge in [-0.15, -0.1) is 0 Å². The van der Waals surface area contributed by atoms with Gasteiger partial charge in [0.2, 0.25) is 0 Å². The molecule has 3 heterocycles. The third-order valence-corrected chi connectivity index (χ3v) is 3.58. The van der Waals surface area contributed by atoms with Gasteiger partial charge in [-0.1, -0.05) is 0 Å². The summed E-state index contributed by atoms with van der Waals surface area (Å²) in [5.41, 5.74) is 1.68. The fourth-order valence-corrected chi connectivity index (χ4v) is 2.51. The molecule has 1 aliphatic rings. The Morgan fingerprint density at radius 3 is 3.06 bits per heavy atom. The topological polar surface area (TPSA) is 43.6 Å². The Kier molecular flexibility index (Phi) is 3.11. The molecule has 0 aliphatic carbocycles. The van der Waals surface area contributed by atoms with Gasteiger partial charge in [-0.05, 0) is 30.9 Å². The van der Waals surface area contributed by atoms with E-state index in [1.165, 1.54) is 0 Å². The number of carbonyl (C=O) groups excluding carboxylic acids is 1. The molecule has 94 valence electrons. The molecule has 0 N–H and O–H groups in total. The van der Waals surface area contributed by atoms with Crippen LogP contribution in [0.1, 0.15) is 29.0 Å². The van der Waals surface area contributed by atoms with Gasteiger partial charge in [-0.2, -0.15) is 0 Å². The van der Waals surface area contributed by atoms with Crippen molar-refractivity contribution in [3.05, 3.63) is 35.9 Å². The zero-order chi connectivity index (χ0) is 12.4. The number of pyridine rings is 1. The third-order valence-electron chi connectivity index (χ3n) is 3.58. The number of hydrogen-bond acceptors (Lipinski definition) is 3. The molecular weight excluding hydrogens is 228 g/mol. The van der Waals surface area contributed by atoms with Crippen LogP contribution in [0.5, 0.6) is 0 Å². The van der Waals surface area contributed by atoms with E-state index in [1.54, 1.807) is 0 Å². The highest BCUT2D eigenvalue weighted by Crippen LogP contribution is 2.20. The number of imidazole rings is 1. The molecule has 1 fully saturated rings. The first-order valence-electron chi connectivity index (χ1n) is 6.36. The Hall–Kier alpha value is -1.68. The molecule has 1 saturated heterocycles. The van der Waals surface area contributed by atoms with E-state index in [-0.39, 0.29) is 0 Å². The van der Waals surface area contributed by atoms with Crippen LogP contribution < -0.4 is 0 Å². The molecule has 0 aromatic carbocycles. The number of carbonyl (C=O) groups is 1. The van der Waals surface area contributed by atoms with Crippen LogP contribution in [0, 0.1) is 5.92 Å². The van der Waals surface area contributed by atoms with E-state index in [4.69, 9.17) is 4.74 Å². The van der Waals surface area contributed by atoms with Gasteiger partial charge in [0.05, 0.1) is 11.7 Å². The van der Waals surface area contributed by atoms with E-state index < -0.39 is 0 Å². The van der Waals surface area contributed by atoms with E-state index in [1.807, 2.05) is 24.5 Å². The van der Waals surface area contributed by atoms with Crippen LogP contribution in [0.15, 0.2) is 24.5 Å². The van der Waals surface area contributed by atoms with Crippen molar-refractivity contribution in [2.45, 2.75) is 19.3 Å². The summed E-state index contributed by atoms with van der Waals surface area (Å²) in [7, 11) is 0. The average molecular weight is 244 g/mol. The molecule has 0 radical (unpaired) electrons. The Bertz CT molecular complexity index is 556. The molecule has 4 heteroatoms. The SMILES string of the molecule is O=Cc1ccn2c(CC3CCOCC3)ncc2c1. The molecule has 0 saturated carbocycles. The Morgan fingerprint density at radius 2 is 2.28 bits per heavy atom. The number of aldehydes is 1. The fraction of sp³-hybridized carbons (Fsp3) is 0.429. The second kappa shape index (κ2) is 4.90. The van der Waals surface area contributed by atoms with Gasteiger partial charge < -0.3 is 9.14 Å². The summed E-state index contributed by atoms with van der Waals surface area (Å²) in [5.74, 6) is 1.74. The Labute approximate surface area is 106 Å². The smallest absolute Gasteiger partial charge is 0.150 e. The summed E-state index contributed by atoms with van der Waals surface area (Å²) < 4.78 is 7.44. The zero-order valence-corrected chi connectivity index (χ0v) is 10.2. The molecule has 18 heavy (non-hydrogen) atoms. The molecule has 3 rings (SSSR count). The molecule has 0 spiro atoms. The van der Waals surface area contributed by atoms with Crippen LogP contribution in [-0.2, 0) is 11.2 Å². The Morgan fingerprint density at radius 1 is 1.44 bits per heavy atom. The monoisotopic (exact) mass is 244 g/mol. The molecule has 0 atom stereocenters. The molecule has 0 unspecified atom stereocenters. The van der Waals surface area contributed by atoms with Crippen molar-refractivity contribution in [1.82, 2.24) is 9.38 Å². The van der Waals surface area contributed by atoms with Crippen LogP contribution in [0.3, 0.4) is 0 Å². The minimum Gasteiger partial charge on any atom is -0.381 e. The normalized spacial score (nSPS) is 17.1. The number of fused-ring (bicyclic) bond motifs is 1. The van der Waals surface area contributed by atoms with Crippen LogP contribution in [0.2, 0.25) is 0 Å². The third kappa shape index (κ3) is 2.16. The molecule has 2 aromatic rings. The van der Waals surface area contributed by atoms with Crippen molar-refractivity contribution < 1.29 is 9.53 Å². The summed E-state index contributed by atoms with van der Waals surface area (Å²) in [5, 5.41) is 0. The number of ether oxygens (including phenoxy) is 1. The van der Waals surface area contributed by atoms with E-state index >= 15 is 0 Å². The van der Waals surface area contributed by atoms with Gasteiger partial charge in [-0.3, -0.25) is 4.79 Å². The lowest BCUT2D eigenvalue weighted by Gasteiger charge is -2.21. The molecule has 4 nitrogen and oxygen atoms in total. The van der Waals surface area contributed by atoms with Gasteiger partial charge in [-0.25, -0.2) is 4.98 Å². The second-order valence-electron chi connectivity index (χ2n) is 4.81.